The Labute approximate surface area is 150 Å². The van der Waals surface area contributed by atoms with E-state index in [1.165, 1.54) is 6.42 Å². The lowest BCUT2D eigenvalue weighted by molar-refractivity contribution is -0.207. The highest BCUT2D eigenvalue weighted by molar-refractivity contribution is 5.14. The molecule has 1 N–H and O–H groups in total. The molecule has 1 heterocycles. The van der Waals surface area contributed by atoms with Gasteiger partial charge in [-0.15, -0.1) is 0 Å². The van der Waals surface area contributed by atoms with Crippen molar-refractivity contribution in [2.24, 2.45) is 11.8 Å². The van der Waals surface area contributed by atoms with E-state index in [1.807, 2.05) is 30.3 Å². The van der Waals surface area contributed by atoms with Crippen molar-refractivity contribution in [3.8, 4) is 0 Å². The molecule has 2 aliphatic carbocycles. The van der Waals surface area contributed by atoms with Crippen LogP contribution in [-0.2, 0) is 20.8 Å². The lowest BCUT2D eigenvalue weighted by Crippen LogP contribution is -2.56. The number of aliphatic hydroxyl groups is 1. The lowest BCUT2D eigenvalue weighted by atomic mass is 9.74. The first-order chi connectivity index (χ1) is 12.1. The SMILES string of the molecule is CC1C2OC3(CCCCC3)O[C@@H]2[C@H](OCc2ccccc2)C(O)[C@@H]1C. The van der Waals surface area contributed by atoms with E-state index in [0.29, 0.717) is 6.61 Å². The first-order valence-electron chi connectivity index (χ1n) is 9.79. The third kappa shape index (κ3) is 3.25. The smallest absolute Gasteiger partial charge is 0.169 e. The van der Waals surface area contributed by atoms with Crippen LogP contribution in [0.5, 0.6) is 0 Å². The van der Waals surface area contributed by atoms with Crippen molar-refractivity contribution >= 4 is 0 Å². The molecule has 1 aliphatic heterocycles. The Bertz CT molecular complexity index is 569. The molecule has 2 saturated carbocycles. The summed E-state index contributed by atoms with van der Waals surface area (Å²) in [4.78, 5) is 0. The summed E-state index contributed by atoms with van der Waals surface area (Å²) in [5.74, 6) is -0.0535. The summed E-state index contributed by atoms with van der Waals surface area (Å²) in [6, 6.07) is 10.1. The molecule has 3 unspecified atom stereocenters. The predicted octanol–water partition coefficient (Wildman–Crippen LogP) is 3.66. The van der Waals surface area contributed by atoms with Gasteiger partial charge in [0.15, 0.2) is 5.79 Å². The fraction of sp³-hybridized carbons (Fsp3) is 0.714. The van der Waals surface area contributed by atoms with Gasteiger partial charge in [-0.05, 0) is 30.2 Å². The Morgan fingerprint density at radius 3 is 2.40 bits per heavy atom. The Morgan fingerprint density at radius 2 is 1.68 bits per heavy atom. The molecule has 1 spiro atoms. The molecular weight excluding hydrogens is 316 g/mol. The molecule has 1 saturated heterocycles. The van der Waals surface area contributed by atoms with Crippen LogP contribution < -0.4 is 0 Å². The third-order valence-electron chi connectivity index (χ3n) is 6.47. The fourth-order valence-electron chi connectivity index (χ4n) is 4.71. The van der Waals surface area contributed by atoms with E-state index in [-0.39, 0.29) is 30.1 Å². The molecule has 0 amide bonds. The summed E-state index contributed by atoms with van der Waals surface area (Å²) < 4.78 is 19.2. The van der Waals surface area contributed by atoms with Crippen molar-refractivity contribution in [1.29, 1.82) is 0 Å². The van der Waals surface area contributed by atoms with Gasteiger partial charge in [0.1, 0.15) is 12.2 Å². The molecule has 0 radical (unpaired) electrons. The van der Waals surface area contributed by atoms with Gasteiger partial charge in [-0.2, -0.15) is 0 Å². The maximum Gasteiger partial charge on any atom is 0.169 e. The van der Waals surface area contributed by atoms with E-state index in [2.05, 4.69) is 13.8 Å². The topological polar surface area (TPSA) is 47.9 Å². The average molecular weight is 346 g/mol. The van der Waals surface area contributed by atoms with Crippen molar-refractivity contribution in [1.82, 2.24) is 0 Å². The van der Waals surface area contributed by atoms with E-state index in [1.54, 1.807) is 0 Å². The molecule has 4 heteroatoms. The maximum absolute atomic E-state index is 10.9. The van der Waals surface area contributed by atoms with Gasteiger partial charge in [0, 0.05) is 12.8 Å². The molecule has 138 valence electrons. The molecule has 6 atom stereocenters. The van der Waals surface area contributed by atoms with E-state index in [0.717, 1.165) is 31.2 Å². The number of rotatable bonds is 3. The minimum absolute atomic E-state index is 0.0114. The average Bonchev–Trinajstić information content (AvgIpc) is 3.00. The highest BCUT2D eigenvalue weighted by Crippen LogP contribution is 2.48. The Kier molecular flexibility index (Phi) is 4.89. The van der Waals surface area contributed by atoms with Gasteiger partial charge in [-0.1, -0.05) is 50.6 Å². The molecule has 3 aliphatic rings. The lowest BCUT2D eigenvalue weighted by Gasteiger charge is -2.43. The summed E-state index contributed by atoms with van der Waals surface area (Å²) in [5.41, 5.74) is 1.11. The monoisotopic (exact) mass is 346 g/mol. The van der Waals surface area contributed by atoms with Crippen molar-refractivity contribution in [2.45, 2.75) is 82.8 Å². The van der Waals surface area contributed by atoms with Crippen molar-refractivity contribution in [3.05, 3.63) is 35.9 Å². The van der Waals surface area contributed by atoms with Crippen LogP contribution in [0.1, 0.15) is 51.5 Å². The second-order valence-electron chi connectivity index (χ2n) is 8.11. The molecular formula is C21H30O4. The normalized spacial score (nSPS) is 40.1. The summed E-state index contributed by atoms with van der Waals surface area (Å²) >= 11 is 0. The molecule has 25 heavy (non-hydrogen) atoms. The molecule has 1 aromatic rings. The zero-order valence-electron chi connectivity index (χ0n) is 15.3. The quantitative estimate of drug-likeness (QED) is 0.907. The van der Waals surface area contributed by atoms with E-state index in [4.69, 9.17) is 14.2 Å². The Morgan fingerprint density at radius 1 is 1.00 bits per heavy atom. The molecule has 0 aromatic heterocycles. The van der Waals surface area contributed by atoms with Crippen LogP contribution in [0.4, 0.5) is 0 Å². The van der Waals surface area contributed by atoms with Gasteiger partial charge in [0.05, 0.1) is 18.8 Å². The third-order valence-corrected chi connectivity index (χ3v) is 6.47. The van der Waals surface area contributed by atoms with Crippen LogP contribution in [0.25, 0.3) is 0 Å². The molecule has 4 rings (SSSR count). The molecule has 0 bridgehead atoms. The van der Waals surface area contributed by atoms with E-state index < -0.39 is 11.9 Å². The number of ether oxygens (including phenoxy) is 3. The van der Waals surface area contributed by atoms with Crippen LogP contribution in [0.2, 0.25) is 0 Å². The van der Waals surface area contributed by atoms with Gasteiger partial charge in [-0.25, -0.2) is 0 Å². The van der Waals surface area contributed by atoms with Crippen LogP contribution in [0.15, 0.2) is 30.3 Å². The van der Waals surface area contributed by atoms with Crippen LogP contribution in [0, 0.1) is 11.8 Å². The minimum atomic E-state index is -0.526. The van der Waals surface area contributed by atoms with Gasteiger partial charge < -0.3 is 19.3 Å². The number of aliphatic hydroxyl groups excluding tert-OH is 1. The van der Waals surface area contributed by atoms with Gasteiger partial charge in [0.2, 0.25) is 0 Å². The highest BCUT2D eigenvalue weighted by atomic mass is 16.8. The molecule has 4 nitrogen and oxygen atoms in total. The van der Waals surface area contributed by atoms with Crippen molar-refractivity contribution < 1.29 is 19.3 Å². The second-order valence-corrected chi connectivity index (χ2v) is 8.11. The largest absolute Gasteiger partial charge is 0.390 e. The van der Waals surface area contributed by atoms with E-state index in [9.17, 15) is 5.11 Å². The molecule has 1 aromatic carbocycles. The maximum atomic E-state index is 10.9. The van der Waals surface area contributed by atoms with Gasteiger partial charge in [-0.3, -0.25) is 0 Å². The summed E-state index contributed by atoms with van der Waals surface area (Å²) in [7, 11) is 0. The standard InChI is InChI=1S/C21H30O4/c1-14-15(2)18-20(25-21(24-18)11-7-4-8-12-21)19(17(14)22)23-13-16-9-5-3-6-10-16/h3,5-6,9-10,14-15,17-20,22H,4,7-8,11-13H2,1-2H3/t14-,15?,17?,18?,19-,20+/m1/s1. The first kappa shape index (κ1) is 17.5. The Hall–Kier alpha value is -0.940. The van der Waals surface area contributed by atoms with Crippen LogP contribution >= 0.6 is 0 Å². The zero-order chi connectivity index (χ0) is 17.4. The first-order valence-corrected chi connectivity index (χ1v) is 9.79. The van der Waals surface area contributed by atoms with Crippen molar-refractivity contribution in [2.75, 3.05) is 0 Å². The number of benzene rings is 1. The van der Waals surface area contributed by atoms with Crippen LogP contribution in [0.3, 0.4) is 0 Å². The highest BCUT2D eigenvalue weighted by Gasteiger charge is 2.58. The predicted molar refractivity (Wildman–Crippen MR) is 94.9 cm³/mol. The number of hydrogen-bond acceptors (Lipinski definition) is 4. The summed E-state index contributed by atoms with van der Waals surface area (Å²) in [6.45, 7) is 4.76. The Balaban J connectivity index is 1.52. The zero-order valence-corrected chi connectivity index (χ0v) is 15.3. The van der Waals surface area contributed by atoms with Gasteiger partial charge >= 0.3 is 0 Å². The van der Waals surface area contributed by atoms with Crippen molar-refractivity contribution in [3.63, 3.8) is 0 Å². The van der Waals surface area contributed by atoms with Gasteiger partial charge in [0.25, 0.3) is 0 Å². The summed E-state index contributed by atoms with van der Waals surface area (Å²) in [6.07, 6.45) is 4.46. The molecule has 3 fully saturated rings. The van der Waals surface area contributed by atoms with Crippen LogP contribution in [-0.4, -0.2) is 35.3 Å². The fourth-order valence-corrected chi connectivity index (χ4v) is 4.71. The number of hydrogen-bond donors (Lipinski definition) is 1. The number of fused-ring (bicyclic) bond motifs is 1. The second kappa shape index (κ2) is 6.99. The minimum Gasteiger partial charge on any atom is -0.390 e. The van der Waals surface area contributed by atoms with E-state index >= 15 is 0 Å². The summed E-state index contributed by atoms with van der Waals surface area (Å²) in [5, 5.41) is 10.9.